The Morgan fingerprint density at radius 1 is 1.38 bits per heavy atom. The van der Waals surface area contributed by atoms with Crippen LogP contribution < -0.4 is 0 Å². The van der Waals surface area contributed by atoms with Gasteiger partial charge in [-0.15, -0.1) is 0 Å². The molecular weight excluding hydrogens is 268 g/mol. The Bertz CT molecular complexity index is 562. The van der Waals surface area contributed by atoms with Crippen LogP contribution in [0.2, 0.25) is 0 Å². The number of Topliss-reactive ketones (excluding diaryl/α,β-unsaturated/α-hetero) is 2. The number of nitrogens with one attached hydrogen (secondary N) is 1. The molecule has 1 saturated heterocycles. The van der Waals surface area contributed by atoms with Crippen molar-refractivity contribution in [2.24, 2.45) is 5.92 Å². The average molecular weight is 292 g/mol. The molecule has 0 saturated carbocycles. The maximum atomic E-state index is 12.4. The molecule has 0 aromatic carbocycles. The van der Waals surface area contributed by atoms with Crippen molar-refractivity contribution in [3.05, 3.63) is 22.5 Å². The van der Waals surface area contributed by atoms with Crippen LogP contribution in [0.15, 0.2) is 0 Å². The number of likely N-dealkylation sites (tertiary alicyclic amines) is 1. The van der Waals surface area contributed by atoms with E-state index in [1.165, 1.54) is 6.92 Å². The molecule has 2 atom stereocenters. The third-order valence-electron chi connectivity index (χ3n) is 4.44. The van der Waals surface area contributed by atoms with Gasteiger partial charge in [-0.2, -0.15) is 0 Å². The summed E-state index contributed by atoms with van der Waals surface area (Å²) in [6.45, 7) is 8.80. The Labute approximate surface area is 125 Å². The van der Waals surface area contributed by atoms with Gasteiger partial charge in [0, 0.05) is 17.8 Å². The minimum Gasteiger partial charge on any atom is -0.392 e. The molecule has 0 radical (unpaired) electrons. The lowest BCUT2D eigenvalue weighted by Gasteiger charge is -2.33. The third-order valence-corrected chi connectivity index (χ3v) is 4.44. The number of nitrogens with zero attached hydrogens (tertiary/aromatic N) is 1. The summed E-state index contributed by atoms with van der Waals surface area (Å²) in [4.78, 5) is 29.1. The SMILES string of the molecule is CC(=O)c1c(C)[nH]c(C(=O)CN2CCC(C)C(O)C2)c1C. The van der Waals surface area contributed by atoms with Crippen molar-refractivity contribution in [1.82, 2.24) is 9.88 Å². The van der Waals surface area contributed by atoms with Crippen molar-refractivity contribution in [3.8, 4) is 0 Å². The molecule has 0 bridgehead atoms. The number of hydrogen-bond acceptors (Lipinski definition) is 4. The summed E-state index contributed by atoms with van der Waals surface area (Å²) in [5.41, 5.74) is 2.61. The number of aromatic nitrogens is 1. The Balaban J connectivity index is 2.11. The highest BCUT2D eigenvalue weighted by Crippen LogP contribution is 2.21. The maximum Gasteiger partial charge on any atom is 0.193 e. The molecule has 1 aromatic rings. The summed E-state index contributed by atoms with van der Waals surface area (Å²) in [7, 11) is 0. The Hall–Kier alpha value is -1.46. The molecule has 0 amide bonds. The van der Waals surface area contributed by atoms with Crippen molar-refractivity contribution in [3.63, 3.8) is 0 Å². The number of β-amino-alcohol motifs (C(OH)–C–C–N with tert-alkyl or cyclic N) is 1. The van der Waals surface area contributed by atoms with Crippen LogP contribution in [0.1, 0.15) is 52.4 Å². The summed E-state index contributed by atoms with van der Waals surface area (Å²) in [6.07, 6.45) is 0.529. The molecule has 2 heterocycles. The first-order valence-electron chi connectivity index (χ1n) is 7.45. The van der Waals surface area contributed by atoms with E-state index in [9.17, 15) is 14.7 Å². The number of aliphatic hydroxyl groups excluding tert-OH is 1. The molecule has 1 fully saturated rings. The average Bonchev–Trinajstić information content (AvgIpc) is 2.69. The zero-order valence-corrected chi connectivity index (χ0v) is 13.2. The first-order chi connectivity index (χ1) is 9.81. The van der Waals surface area contributed by atoms with Gasteiger partial charge in [0.1, 0.15) is 0 Å². The van der Waals surface area contributed by atoms with Gasteiger partial charge in [0.25, 0.3) is 0 Å². The van der Waals surface area contributed by atoms with Crippen molar-refractivity contribution in [1.29, 1.82) is 0 Å². The highest BCUT2D eigenvalue weighted by molar-refractivity contribution is 6.03. The van der Waals surface area contributed by atoms with Gasteiger partial charge in [0.15, 0.2) is 11.6 Å². The highest BCUT2D eigenvalue weighted by Gasteiger charge is 2.27. The van der Waals surface area contributed by atoms with Crippen LogP contribution in [-0.2, 0) is 0 Å². The molecule has 1 aliphatic heterocycles. The maximum absolute atomic E-state index is 12.4. The number of H-pyrrole nitrogens is 1. The quantitative estimate of drug-likeness (QED) is 0.829. The standard InChI is InChI=1S/C16H24N2O3/c1-9-5-6-18(7-13(9)20)8-14(21)16-10(2)15(12(4)19)11(3)17-16/h9,13,17,20H,5-8H2,1-4H3. The second-order valence-electron chi connectivity index (χ2n) is 6.17. The van der Waals surface area contributed by atoms with Crippen LogP contribution in [0.3, 0.4) is 0 Å². The van der Waals surface area contributed by atoms with E-state index in [0.717, 1.165) is 24.2 Å². The van der Waals surface area contributed by atoms with Gasteiger partial charge in [-0.1, -0.05) is 6.92 Å². The predicted octanol–water partition coefficient (Wildman–Crippen LogP) is 1.72. The monoisotopic (exact) mass is 292 g/mol. The molecule has 1 aromatic heterocycles. The summed E-state index contributed by atoms with van der Waals surface area (Å²) >= 11 is 0. The zero-order chi connectivity index (χ0) is 15.7. The predicted molar refractivity (Wildman–Crippen MR) is 80.8 cm³/mol. The Morgan fingerprint density at radius 2 is 2.05 bits per heavy atom. The summed E-state index contributed by atoms with van der Waals surface area (Å²) < 4.78 is 0. The minimum absolute atomic E-state index is 0.0233. The molecule has 5 nitrogen and oxygen atoms in total. The van der Waals surface area contributed by atoms with Gasteiger partial charge in [0.2, 0.25) is 0 Å². The number of ketones is 2. The molecule has 116 valence electrons. The fraction of sp³-hybridized carbons (Fsp3) is 0.625. The summed E-state index contributed by atoms with van der Waals surface area (Å²) in [6, 6.07) is 0. The second kappa shape index (κ2) is 6.12. The van der Waals surface area contributed by atoms with E-state index in [2.05, 4.69) is 4.98 Å². The number of carbonyl (C=O) groups is 2. The van der Waals surface area contributed by atoms with Gasteiger partial charge in [0.05, 0.1) is 18.3 Å². The topological polar surface area (TPSA) is 73.4 Å². The molecule has 5 heteroatoms. The van der Waals surface area contributed by atoms with E-state index in [4.69, 9.17) is 0 Å². The van der Waals surface area contributed by atoms with E-state index in [1.54, 1.807) is 6.92 Å². The van der Waals surface area contributed by atoms with E-state index in [1.807, 2.05) is 18.7 Å². The fourth-order valence-corrected chi connectivity index (χ4v) is 3.10. The highest BCUT2D eigenvalue weighted by atomic mass is 16.3. The van der Waals surface area contributed by atoms with Gasteiger partial charge < -0.3 is 10.1 Å². The van der Waals surface area contributed by atoms with E-state index >= 15 is 0 Å². The van der Waals surface area contributed by atoms with Gasteiger partial charge in [-0.3, -0.25) is 14.5 Å². The van der Waals surface area contributed by atoms with E-state index in [-0.39, 0.29) is 30.1 Å². The first-order valence-corrected chi connectivity index (χ1v) is 7.45. The second-order valence-corrected chi connectivity index (χ2v) is 6.17. The Kier molecular flexibility index (Phi) is 4.64. The largest absolute Gasteiger partial charge is 0.392 e. The molecule has 2 N–H and O–H groups in total. The van der Waals surface area contributed by atoms with Crippen molar-refractivity contribution < 1.29 is 14.7 Å². The van der Waals surface area contributed by atoms with Gasteiger partial charge >= 0.3 is 0 Å². The molecule has 2 rings (SSSR count). The Morgan fingerprint density at radius 3 is 2.57 bits per heavy atom. The van der Waals surface area contributed by atoms with Crippen LogP contribution in [0, 0.1) is 19.8 Å². The summed E-state index contributed by atoms with van der Waals surface area (Å²) in [5, 5.41) is 9.90. The number of piperidine rings is 1. The van der Waals surface area contributed by atoms with Crippen LogP contribution in [0.25, 0.3) is 0 Å². The molecule has 0 spiro atoms. The number of aliphatic hydroxyl groups is 1. The zero-order valence-electron chi connectivity index (χ0n) is 13.2. The van der Waals surface area contributed by atoms with Gasteiger partial charge in [-0.25, -0.2) is 0 Å². The number of aromatic amines is 1. The molecular formula is C16H24N2O3. The van der Waals surface area contributed by atoms with Crippen molar-refractivity contribution >= 4 is 11.6 Å². The summed E-state index contributed by atoms with van der Waals surface area (Å²) in [5.74, 6) is 0.238. The lowest BCUT2D eigenvalue weighted by Crippen LogP contribution is -2.45. The lowest BCUT2D eigenvalue weighted by molar-refractivity contribution is 0.0294. The normalized spacial score (nSPS) is 23.3. The smallest absolute Gasteiger partial charge is 0.193 e. The van der Waals surface area contributed by atoms with Crippen LogP contribution in [0.4, 0.5) is 0 Å². The number of rotatable bonds is 4. The van der Waals surface area contributed by atoms with Crippen LogP contribution in [0.5, 0.6) is 0 Å². The van der Waals surface area contributed by atoms with Gasteiger partial charge in [-0.05, 0) is 45.2 Å². The van der Waals surface area contributed by atoms with Crippen molar-refractivity contribution in [2.45, 2.75) is 40.2 Å². The number of carbonyl (C=O) groups excluding carboxylic acids is 2. The first kappa shape index (κ1) is 15.9. The molecule has 1 aliphatic rings. The number of hydrogen-bond donors (Lipinski definition) is 2. The van der Waals surface area contributed by atoms with E-state index < -0.39 is 0 Å². The molecule has 21 heavy (non-hydrogen) atoms. The van der Waals surface area contributed by atoms with Crippen LogP contribution in [-0.4, -0.2) is 52.3 Å². The lowest BCUT2D eigenvalue weighted by atomic mass is 9.96. The molecule has 0 aliphatic carbocycles. The minimum atomic E-state index is -0.370. The fourth-order valence-electron chi connectivity index (χ4n) is 3.10. The number of aryl methyl sites for hydroxylation is 1. The van der Waals surface area contributed by atoms with E-state index in [0.29, 0.717) is 17.8 Å². The molecule has 2 unspecified atom stereocenters. The third kappa shape index (κ3) is 3.24. The van der Waals surface area contributed by atoms with Crippen LogP contribution >= 0.6 is 0 Å². The van der Waals surface area contributed by atoms with Crippen molar-refractivity contribution in [2.75, 3.05) is 19.6 Å².